The Bertz CT molecular complexity index is 740. The molecule has 0 aromatic heterocycles. The molecule has 1 N–H and O–H groups in total. The van der Waals surface area contributed by atoms with Crippen molar-refractivity contribution in [2.24, 2.45) is 0 Å². The molecule has 0 spiro atoms. The lowest BCUT2D eigenvalue weighted by molar-refractivity contribution is -0.116. The van der Waals surface area contributed by atoms with Gasteiger partial charge in [0.1, 0.15) is 5.75 Å². The average molecular weight is 333 g/mol. The number of carbonyl (C=O) groups excluding carboxylic acids is 1. The highest BCUT2D eigenvalue weighted by Crippen LogP contribution is 2.14. The molecular weight excluding hydrogens is 314 g/mol. The van der Waals surface area contributed by atoms with Gasteiger partial charge in [-0.25, -0.2) is 8.42 Å². The third kappa shape index (κ3) is 5.75. The van der Waals surface area contributed by atoms with Gasteiger partial charge >= 0.3 is 0 Å². The predicted octanol–water partition coefficient (Wildman–Crippen LogP) is 2.89. The van der Waals surface area contributed by atoms with E-state index in [9.17, 15) is 13.2 Å². The fraction of sp³-hybridized carbons (Fsp3) is 0.235. The number of anilines is 1. The van der Waals surface area contributed by atoms with Crippen LogP contribution in [0.15, 0.2) is 59.5 Å². The summed E-state index contributed by atoms with van der Waals surface area (Å²) in [6.45, 7) is 0.463. The Labute approximate surface area is 136 Å². The quantitative estimate of drug-likeness (QED) is 0.791. The highest BCUT2D eigenvalue weighted by Gasteiger charge is 2.07. The van der Waals surface area contributed by atoms with Crippen LogP contribution in [-0.4, -0.2) is 27.2 Å². The van der Waals surface area contributed by atoms with Gasteiger partial charge in [-0.05, 0) is 42.8 Å². The van der Waals surface area contributed by atoms with E-state index >= 15 is 0 Å². The van der Waals surface area contributed by atoms with Gasteiger partial charge in [0, 0.05) is 18.4 Å². The van der Waals surface area contributed by atoms with Crippen molar-refractivity contribution in [3.8, 4) is 5.75 Å². The van der Waals surface area contributed by atoms with Gasteiger partial charge in [-0.3, -0.25) is 4.79 Å². The Morgan fingerprint density at radius 1 is 1.04 bits per heavy atom. The van der Waals surface area contributed by atoms with Gasteiger partial charge in [-0.2, -0.15) is 0 Å². The maximum Gasteiger partial charge on any atom is 0.224 e. The first kappa shape index (κ1) is 17.0. The van der Waals surface area contributed by atoms with Crippen LogP contribution in [-0.2, 0) is 14.6 Å². The molecule has 0 aliphatic rings. The van der Waals surface area contributed by atoms with Crippen molar-refractivity contribution >= 4 is 21.4 Å². The van der Waals surface area contributed by atoms with Crippen LogP contribution in [0.1, 0.15) is 12.8 Å². The van der Waals surface area contributed by atoms with Crippen molar-refractivity contribution in [1.82, 2.24) is 0 Å². The SMILES string of the molecule is CS(=O)(=O)c1ccc(NC(=O)CCCOc2ccccc2)cc1. The van der Waals surface area contributed by atoms with Crippen molar-refractivity contribution in [1.29, 1.82) is 0 Å². The fourth-order valence-electron chi connectivity index (χ4n) is 1.95. The van der Waals surface area contributed by atoms with E-state index in [2.05, 4.69) is 5.32 Å². The van der Waals surface area contributed by atoms with E-state index in [-0.39, 0.29) is 10.8 Å². The monoisotopic (exact) mass is 333 g/mol. The molecule has 0 aliphatic carbocycles. The second kappa shape index (κ2) is 7.78. The minimum atomic E-state index is -3.22. The largest absolute Gasteiger partial charge is 0.494 e. The van der Waals surface area contributed by atoms with Gasteiger partial charge in [0.15, 0.2) is 9.84 Å². The van der Waals surface area contributed by atoms with Crippen molar-refractivity contribution < 1.29 is 17.9 Å². The van der Waals surface area contributed by atoms with E-state index in [1.54, 1.807) is 12.1 Å². The summed E-state index contributed by atoms with van der Waals surface area (Å²) in [5.41, 5.74) is 0.575. The molecule has 122 valence electrons. The van der Waals surface area contributed by atoms with Gasteiger partial charge in [0.25, 0.3) is 0 Å². The summed E-state index contributed by atoms with van der Waals surface area (Å²) in [5, 5.41) is 2.73. The molecule has 0 aliphatic heterocycles. The molecule has 1 amide bonds. The van der Waals surface area contributed by atoms with E-state index in [1.807, 2.05) is 30.3 Å². The van der Waals surface area contributed by atoms with Crippen LogP contribution in [0.25, 0.3) is 0 Å². The Morgan fingerprint density at radius 3 is 2.30 bits per heavy atom. The van der Waals surface area contributed by atoms with E-state index in [1.165, 1.54) is 12.1 Å². The summed E-state index contributed by atoms with van der Waals surface area (Å²) in [4.78, 5) is 12.0. The summed E-state index contributed by atoms with van der Waals surface area (Å²) >= 11 is 0. The van der Waals surface area contributed by atoms with Crippen LogP contribution in [0.5, 0.6) is 5.75 Å². The van der Waals surface area contributed by atoms with Gasteiger partial charge in [0.2, 0.25) is 5.91 Å². The number of para-hydroxylation sites is 1. The second-order valence-corrected chi connectivity index (χ2v) is 7.13. The Kier molecular flexibility index (Phi) is 5.76. The van der Waals surface area contributed by atoms with Crippen molar-refractivity contribution in [3.63, 3.8) is 0 Å². The minimum absolute atomic E-state index is 0.131. The zero-order chi connectivity index (χ0) is 16.7. The standard InChI is InChI=1S/C17H19NO4S/c1-23(20,21)16-11-9-14(10-12-16)18-17(19)8-5-13-22-15-6-3-2-4-7-15/h2-4,6-7,9-12H,5,8,13H2,1H3,(H,18,19). The number of amides is 1. The second-order valence-electron chi connectivity index (χ2n) is 5.11. The van der Waals surface area contributed by atoms with E-state index in [0.717, 1.165) is 12.0 Å². The third-order valence-electron chi connectivity index (χ3n) is 3.13. The van der Waals surface area contributed by atoms with Crippen LogP contribution in [0.4, 0.5) is 5.69 Å². The first-order chi connectivity index (χ1) is 10.9. The molecule has 0 saturated heterocycles. The van der Waals surface area contributed by atoms with Gasteiger partial charge in [0.05, 0.1) is 11.5 Å². The average Bonchev–Trinajstić information content (AvgIpc) is 2.52. The number of ether oxygens (including phenoxy) is 1. The molecule has 23 heavy (non-hydrogen) atoms. The summed E-state index contributed by atoms with van der Waals surface area (Å²) in [5.74, 6) is 0.651. The molecule has 0 fully saturated rings. The number of sulfone groups is 1. The molecule has 0 bridgehead atoms. The molecule has 0 radical (unpaired) electrons. The first-order valence-corrected chi connectivity index (χ1v) is 9.12. The normalized spacial score (nSPS) is 11.0. The highest BCUT2D eigenvalue weighted by atomic mass is 32.2. The molecule has 2 aromatic carbocycles. The molecule has 0 unspecified atom stereocenters. The van der Waals surface area contributed by atoms with Crippen LogP contribution < -0.4 is 10.1 Å². The molecule has 2 rings (SSSR count). The molecule has 6 heteroatoms. The third-order valence-corrected chi connectivity index (χ3v) is 4.25. The molecule has 0 atom stereocenters. The molecular formula is C17H19NO4S. The number of hydrogen-bond donors (Lipinski definition) is 1. The summed E-state index contributed by atoms with van der Waals surface area (Å²) < 4.78 is 28.2. The summed E-state index contributed by atoms with van der Waals surface area (Å²) in [7, 11) is -3.22. The predicted molar refractivity (Wildman–Crippen MR) is 89.4 cm³/mol. The zero-order valence-corrected chi connectivity index (χ0v) is 13.7. The van der Waals surface area contributed by atoms with Crippen molar-refractivity contribution in [2.45, 2.75) is 17.7 Å². The van der Waals surface area contributed by atoms with Crippen LogP contribution in [0, 0.1) is 0 Å². The van der Waals surface area contributed by atoms with Crippen molar-refractivity contribution in [2.75, 3.05) is 18.2 Å². The van der Waals surface area contributed by atoms with Gasteiger partial charge in [-0.1, -0.05) is 18.2 Å². The van der Waals surface area contributed by atoms with Crippen molar-refractivity contribution in [3.05, 3.63) is 54.6 Å². The minimum Gasteiger partial charge on any atom is -0.494 e. The number of benzene rings is 2. The lowest BCUT2D eigenvalue weighted by Crippen LogP contribution is -2.13. The fourth-order valence-corrected chi connectivity index (χ4v) is 2.58. The van der Waals surface area contributed by atoms with E-state index in [4.69, 9.17) is 4.74 Å². The number of carbonyl (C=O) groups is 1. The summed E-state index contributed by atoms with van der Waals surface area (Å²) in [6, 6.07) is 15.5. The molecule has 2 aromatic rings. The van der Waals surface area contributed by atoms with Crippen LogP contribution in [0.2, 0.25) is 0 Å². The van der Waals surface area contributed by atoms with Gasteiger partial charge in [-0.15, -0.1) is 0 Å². The molecule has 5 nitrogen and oxygen atoms in total. The number of nitrogens with one attached hydrogen (secondary N) is 1. The maximum absolute atomic E-state index is 11.8. The topological polar surface area (TPSA) is 72.5 Å². The van der Waals surface area contributed by atoms with Gasteiger partial charge < -0.3 is 10.1 Å². The molecule has 0 saturated carbocycles. The highest BCUT2D eigenvalue weighted by molar-refractivity contribution is 7.90. The van der Waals surface area contributed by atoms with E-state index < -0.39 is 9.84 Å². The molecule has 0 heterocycles. The maximum atomic E-state index is 11.8. The lowest BCUT2D eigenvalue weighted by Gasteiger charge is -2.07. The first-order valence-electron chi connectivity index (χ1n) is 7.23. The smallest absolute Gasteiger partial charge is 0.224 e. The van der Waals surface area contributed by atoms with E-state index in [0.29, 0.717) is 25.1 Å². The zero-order valence-electron chi connectivity index (χ0n) is 12.9. The number of rotatable bonds is 7. The Morgan fingerprint density at radius 2 is 1.70 bits per heavy atom. The Hall–Kier alpha value is -2.34. The number of hydrogen-bond acceptors (Lipinski definition) is 4. The van der Waals surface area contributed by atoms with Crippen LogP contribution >= 0.6 is 0 Å². The lowest BCUT2D eigenvalue weighted by atomic mass is 10.2. The van der Waals surface area contributed by atoms with Crippen LogP contribution in [0.3, 0.4) is 0 Å². The summed E-state index contributed by atoms with van der Waals surface area (Å²) in [6.07, 6.45) is 2.08. The Balaban J connectivity index is 1.74.